The summed E-state index contributed by atoms with van der Waals surface area (Å²) in [7, 11) is 0. The summed E-state index contributed by atoms with van der Waals surface area (Å²) >= 11 is 5.92. The van der Waals surface area contributed by atoms with E-state index in [0.717, 1.165) is 31.2 Å². The quantitative estimate of drug-likeness (QED) is 0.780. The molecule has 0 bridgehead atoms. The van der Waals surface area contributed by atoms with E-state index in [4.69, 9.17) is 11.6 Å². The number of benzene rings is 1. The van der Waals surface area contributed by atoms with Crippen molar-refractivity contribution in [1.29, 1.82) is 0 Å². The van der Waals surface area contributed by atoms with Crippen LogP contribution < -0.4 is 5.32 Å². The van der Waals surface area contributed by atoms with E-state index in [2.05, 4.69) is 20.7 Å². The average molecular weight is 417 g/mol. The van der Waals surface area contributed by atoms with Crippen LogP contribution in [0.5, 0.6) is 0 Å². The second-order valence-electron chi connectivity index (χ2n) is 7.75. The largest absolute Gasteiger partial charge is 0.351 e. The van der Waals surface area contributed by atoms with E-state index in [9.17, 15) is 9.59 Å². The van der Waals surface area contributed by atoms with Gasteiger partial charge in [-0.3, -0.25) is 9.59 Å². The molecule has 1 saturated heterocycles. The SMILES string of the molecule is CCC(C(=O)NC1CCN(C(=O)C2CC2)CC1)n1nnc(-c2ccc(Cl)cc2)n1. The fourth-order valence-corrected chi connectivity index (χ4v) is 3.78. The first kappa shape index (κ1) is 19.8. The van der Waals surface area contributed by atoms with Crippen molar-refractivity contribution in [1.82, 2.24) is 30.4 Å². The van der Waals surface area contributed by atoms with Gasteiger partial charge in [0.05, 0.1) is 0 Å². The highest BCUT2D eigenvalue weighted by Gasteiger charge is 2.35. The summed E-state index contributed by atoms with van der Waals surface area (Å²) in [6.45, 7) is 3.34. The van der Waals surface area contributed by atoms with Crippen LogP contribution in [0.25, 0.3) is 11.4 Å². The lowest BCUT2D eigenvalue weighted by Crippen LogP contribution is -2.48. The van der Waals surface area contributed by atoms with Gasteiger partial charge in [0.25, 0.3) is 0 Å². The number of piperidine rings is 1. The number of halogens is 1. The monoisotopic (exact) mass is 416 g/mol. The first-order valence-corrected chi connectivity index (χ1v) is 10.6. The van der Waals surface area contributed by atoms with Gasteiger partial charge in [-0.05, 0) is 61.6 Å². The van der Waals surface area contributed by atoms with Crippen LogP contribution in [-0.2, 0) is 9.59 Å². The van der Waals surface area contributed by atoms with E-state index in [1.807, 2.05) is 24.0 Å². The number of hydrogen-bond donors (Lipinski definition) is 1. The third kappa shape index (κ3) is 4.58. The Bertz CT molecular complexity index is 871. The molecule has 1 saturated carbocycles. The second-order valence-corrected chi connectivity index (χ2v) is 8.18. The Morgan fingerprint density at radius 2 is 1.86 bits per heavy atom. The molecule has 0 spiro atoms. The van der Waals surface area contributed by atoms with Crippen molar-refractivity contribution in [2.75, 3.05) is 13.1 Å². The molecule has 9 heteroatoms. The number of tetrazole rings is 1. The van der Waals surface area contributed by atoms with Crippen molar-refractivity contribution < 1.29 is 9.59 Å². The molecule has 2 heterocycles. The molecule has 1 atom stereocenters. The molecule has 1 unspecified atom stereocenters. The lowest BCUT2D eigenvalue weighted by Gasteiger charge is -2.33. The van der Waals surface area contributed by atoms with E-state index >= 15 is 0 Å². The molecule has 154 valence electrons. The number of carbonyl (C=O) groups excluding carboxylic acids is 2. The van der Waals surface area contributed by atoms with Gasteiger partial charge in [0.2, 0.25) is 17.6 Å². The van der Waals surface area contributed by atoms with E-state index in [0.29, 0.717) is 30.4 Å². The Morgan fingerprint density at radius 3 is 2.48 bits per heavy atom. The number of nitrogens with zero attached hydrogens (tertiary/aromatic N) is 5. The van der Waals surface area contributed by atoms with E-state index in [-0.39, 0.29) is 23.8 Å². The highest BCUT2D eigenvalue weighted by Crippen LogP contribution is 2.32. The zero-order valence-electron chi connectivity index (χ0n) is 16.4. The molecule has 0 radical (unpaired) electrons. The van der Waals surface area contributed by atoms with Gasteiger partial charge < -0.3 is 10.2 Å². The van der Waals surface area contributed by atoms with Crippen LogP contribution in [0.15, 0.2) is 24.3 Å². The topological polar surface area (TPSA) is 93.0 Å². The number of amides is 2. The Labute approximate surface area is 174 Å². The predicted molar refractivity (Wildman–Crippen MR) is 108 cm³/mol. The van der Waals surface area contributed by atoms with Crippen LogP contribution in [-0.4, -0.2) is 56.1 Å². The van der Waals surface area contributed by atoms with Crippen LogP contribution in [0.2, 0.25) is 5.02 Å². The summed E-state index contributed by atoms with van der Waals surface area (Å²) in [5, 5.41) is 16.3. The Balaban J connectivity index is 1.35. The number of hydrogen-bond acceptors (Lipinski definition) is 5. The van der Waals surface area contributed by atoms with Gasteiger partial charge in [-0.25, -0.2) is 0 Å². The maximum Gasteiger partial charge on any atom is 0.247 e. The molecule has 1 N–H and O–H groups in total. The highest BCUT2D eigenvalue weighted by molar-refractivity contribution is 6.30. The van der Waals surface area contributed by atoms with Crippen molar-refractivity contribution in [2.45, 2.75) is 51.1 Å². The Morgan fingerprint density at radius 1 is 1.17 bits per heavy atom. The van der Waals surface area contributed by atoms with E-state index in [1.165, 1.54) is 4.80 Å². The first-order chi connectivity index (χ1) is 14.0. The van der Waals surface area contributed by atoms with Gasteiger partial charge in [-0.1, -0.05) is 18.5 Å². The molecular weight excluding hydrogens is 392 g/mol. The number of rotatable bonds is 6. The molecule has 1 aliphatic carbocycles. The van der Waals surface area contributed by atoms with Gasteiger partial charge in [0, 0.05) is 35.6 Å². The minimum Gasteiger partial charge on any atom is -0.351 e. The molecule has 2 aromatic rings. The molecule has 1 aliphatic heterocycles. The van der Waals surface area contributed by atoms with Crippen LogP contribution in [0.4, 0.5) is 0 Å². The summed E-state index contributed by atoms with van der Waals surface area (Å²) in [6, 6.07) is 6.72. The average Bonchev–Trinajstić information content (AvgIpc) is 3.47. The number of nitrogens with one attached hydrogen (secondary N) is 1. The van der Waals surface area contributed by atoms with Crippen molar-refractivity contribution in [3.05, 3.63) is 29.3 Å². The lowest BCUT2D eigenvalue weighted by atomic mass is 10.0. The van der Waals surface area contributed by atoms with Crippen LogP contribution >= 0.6 is 11.6 Å². The molecule has 1 aromatic carbocycles. The number of likely N-dealkylation sites (tertiary alicyclic amines) is 1. The standard InChI is InChI=1S/C20H25ClN6O2/c1-2-17(27-24-18(23-25-27)13-5-7-15(21)8-6-13)19(28)22-16-9-11-26(12-10-16)20(29)14-3-4-14/h5-8,14,16-17H,2-4,9-12H2,1H3,(H,22,28). The molecular formula is C20H25ClN6O2. The van der Waals surface area contributed by atoms with Gasteiger partial charge in [-0.2, -0.15) is 4.80 Å². The summed E-state index contributed by atoms with van der Waals surface area (Å²) < 4.78 is 0. The maximum atomic E-state index is 12.8. The smallest absolute Gasteiger partial charge is 0.247 e. The normalized spacial score (nSPS) is 18.5. The minimum atomic E-state index is -0.519. The Hall–Kier alpha value is -2.48. The summed E-state index contributed by atoms with van der Waals surface area (Å²) in [5.74, 6) is 0.876. The third-order valence-electron chi connectivity index (χ3n) is 5.58. The summed E-state index contributed by atoms with van der Waals surface area (Å²) in [4.78, 5) is 28.3. The first-order valence-electron chi connectivity index (χ1n) is 10.2. The summed E-state index contributed by atoms with van der Waals surface area (Å²) in [5.41, 5.74) is 0.795. The molecule has 1 aromatic heterocycles. The maximum absolute atomic E-state index is 12.8. The third-order valence-corrected chi connectivity index (χ3v) is 5.83. The molecule has 2 amide bonds. The molecule has 8 nitrogen and oxygen atoms in total. The van der Waals surface area contributed by atoms with E-state index in [1.54, 1.807) is 12.1 Å². The summed E-state index contributed by atoms with van der Waals surface area (Å²) in [6.07, 6.45) is 4.16. The van der Waals surface area contributed by atoms with Gasteiger partial charge >= 0.3 is 0 Å². The zero-order valence-corrected chi connectivity index (χ0v) is 17.2. The van der Waals surface area contributed by atoms with Crippen molar-refractivity contribution in [3.63, 3.8) is 0 Å². The zero-order chi connectivity index (χ0) is 20.4. The van der Waals surface area contributed by atoms with Gasteiger partial charge in [-0.15, -0.1) is 10.2 Å². The fourth-order valence-electron chi connectivity index (χ4n) is 3.66. The lowest BCUT2D eigenvalue weighted by molar-refractivity contribution is -0.133. The fraction of sp³-hybridized carbons (Fsp3) is 0.550. The molecule has 2 fully saturated rings. The van der Waals surface area contributed by atoms with Crippen molar-refractivity contribution >= 4 is 23.4 Å². The highest BCUT2D eigenvalue weighted by atomic mass is 35.5. The van der Waals surface area contributed by atoms with Crippen molar-refractivity contribution in [3.8, 4) is 11.4 Å². The molecule has 2 aliphatic rings. The van der Waals surface area contributed by atoms with Crippen molar-refractivity contribution in [2.24, 2.45) is 5.92 Å². The number of aromatic nitrogens is 4. The number of carbonyl (C=O) groups is 2. The van der Waals surface area contributed by atoms with Crippen LogP contribution in [0, 0.1) is 5.92 Å². The Kier molecular flexibility index (Phi) is 5.80. The predicted octanol–water partition coefficient (Wildman–Crippen LogP) is 2.46. The van der Waals surface area contributed by atoms with Crippen LogP contribution in [0.3, 0.4) is 0 Å². The van der Waals surface area contributed by atoms with Crippen LogP contribution in [0.1, 0.15) is 45.1 Å². The van der Waals surface area contributed by atoms with Gasteiger partial charge in [0.15, 0.2) is 6.04 Å². The second kappa shape index (κ2) is 8.49. The van der Waals surface area contributed by atoms with Gasteiger partial charge in [0.1, 0.15) is 0 Å². The molecule has 4 rings (SSSR count). The van der Waals surface area contributed by atoms with E-state index < -0.39 is 6.04 Å². The molecule has 29 heavy (non-hydrogen) atoms. The minimum absolute atomic E-state index is 0.0686.